The SMILES string of the molecule is Nc1ccc2nc(NCc3ccc(F)c(F)c3)oc2c1. The van der Waals surface area contributed by atoms with Gasteiger partial charge in [0.1, 0.15) is 5.52 Å². The summed E-state index contributed by atoms with van der Waals surface area (Å²) in [4.78, 5) is 4.21. The van der Waals surface area contributed by atoms with E-state index in [1.54, 1.807) is 18.2 Å². The van der Waals surface area contributed by atoms with Gasteiger partial charge in [-0.2, -0.15) is 4.98 Å². The van der Waals surface area contributed by atoms with Crippen LogP contribution in [0.5, 0.6) is 0 Å². The molecule has 0 fully saturated rings. The van der Waals surface area contributed by atoms with Gasteiger partial charge in [0, 0.05) is 18.3 Å². The lowest BCUT2D eigenvalue weighted by Gasteiger charge is -2.02. The Morgan fingerprint density at radius 2 is 1.95 bits per heavy atom. The Morgan fingerprint density at radius 1 is 1.10 bits per heavy atom. The van der Waals surface area contributed by atoms with E-state index in [2.05, 4.69) is 10.3 Å². The first-order valence-corrected chi connectivity index (χ1v) is 5.96. The molecule has 0 aliphatic rings. The van der Waals surface area contributed by atoms with Crippen LogP contribution in [0, 0.1) is 11.6 Å². The summed E-state index contributed by atoms with van der Waals surface area (Å²) in [6.07, 6.45) is 0. The highest BCUT2D eigenvalue weighted by atomic mass is 19.2. The van der Waals surface area contributed by atoms with Crippen molar-refractivity contribution in [2.45, 2.75) is 6.54 Å². The third-order valence-corrected chi connectivity index (χ3v) is 2.84. The van der Waals surface area contributed by atoms with E-state index in [1.165, 1.54) is 6.07 Å². The van der Waals surface area contributed by atoms with Crippen LogP contribution in [0.4, 0.5) is 20.5 Å². The van der Waals surface area contributed by atoms with Crippen molar-refractivity contribution in [3.63, 3.8) is 0 Å². The number of rotatable bonds is 3. The Morgan fingerprint density at radius 3 is 2.75 bits per heavy atom. The Hall–Kier alpha value is -2.63. The van der Waals surface area contributed by atoms with Crippen LogP contribution in [0.15, 0.2) is 40.8 Å². The normalized spacial score (nSPS) is 10.9. The molecule has 3 rings (SSSR count). The summed E-state index contributed by atoms with van der Waals surface area (Å²) in [6, 6.07) is 9.15. The lowest BCUT2D eigenvalue weighted by atomic mass is 10.2. The largest absolute Gasteiger partial charge is 0.423 e. The van der Waals surface area contributed by atoms with Crippen LogP contribution in [0.2, 0.25) is 0 Å². The second-order valence-corrected chi connectivity index (χ2v) is 4.35. The molecule has 4 nitrogen and oxygen atoms in total. The predicted molar refractivity (Wildman–Crippen MR) is 72.1 cm³/mol. The zero-order valence-corrected chi connectivity index (χ0v) is 10.4. The topological polar surface area (TPSA) is 64.1 Å². The summed E-state index contributed by atoms with van der Waals surface area (Å²) in [5, 5.41) is 2.91. The van der Waals surface area contributed by atoms with Crippen molar-refractivity contribution < 1.29 is 13.2 Å². The summed E-state index contributed by atoms with van der Waals surface area (Å²) >= 11 is 0. The predicted octanol–water partition coefficient (Wildman–Crippen LogP) is 3.30. The number of halogens is 2. The third-order valence-electron chi connectivity index (χ3n) is 2.84. The van der Waals surface area contributed by atoms with Crippen molar-refractivity contribution in [2.75, 3.05) is 11.1 Å². The molecule has 0 radical (unpaired) electrons. The quantitative estimate of drug-likeness (QED) is 0.720. The van der Waals surface area contributed by atoms with E-state index in [9.17, 15) is 8.78 Å². The summed E-state index contributed by atoms with van der Waals surface area (Å²) in [6.45, 7) is 0.277. The van der Waals surface area contributed by atoms with Crippen molar-refractivity contribution in [2.24, 2.45) is 0 Å². The van der Waals surface area contributed by atoms with Crippen LogP contribution >= 0.6 is 0 Å². The Balaban J connectivity index is 1.77. The molecule has 3 aromatic rings. The van der Waals surface area contributed by atoms with Gasteiger partial charge in [-0.1, -0.05) is 6.07 Å². The van der Waals surface area contributed by atoms with Gasteiger partial charge in [0.15, 0.2) is 17.2 Å². The zero-order valence-electron chi connectivity index (χ0n) is 10.4. The van der Waals surface area contributed by atoms with Gasteiger partial charge in [-0.3, -0.25) is 0 Å². The molecule has 102 valence electrons. The number of nitrogens with one attached hydrogen (secondary N) is 1. The van der Waals surface area contributed by atoms with Crippen LogP contribution < -0.4 is 11.1 Å². The van der Waals surface area contributed by atoms with E-state index < -0.39 is 11.6 Å². The van der Waals surface area contributed by atoms with E-state index in [-0.39, 0.29) is 6.54 Å². The zero-order chi connectivity index (χ0) is 14.1. The first-order chi connectivity index (χ1) is 9.61. The molecule has 20 heavy (non-hydrogen) atoms. The van der Waals surface area contributed by atoms with E-state index in [4.69, 9.17) is 10.2 Å². The molecule has 3 N–H and O–H groups in total. The highest BCUT2D eigenvalue weighted by Crippen LogP contribution is 2.21. The van der Waals surface area contributed by atoms with Crippen LogP contribution in [0.3, 0.4) is 0 Å². The number of benzene rings is 2. The fourth-order valence-electron chi connectivity index (χ4n) is 1.84. The number of hydrogen-bond donors (Lipinski definition) is 2. The van der Waals surface area contributed by atoms with Gasteiger partial charge in [-0.15, -0.1) is 0 Å². The lowest BCUT2D eigenvalue weighted by Crippen LogP contribution is -2.00. The molecule has 0 amide bonds. The summed E-state index contributed by atoms with van der Waals surface area (Å²) in [5.74, 6) is -1.75. The molecule has 0 aliphatic heterocycles. The molecule has 0 spiro atoms. The van der Waals surface area contributed by atoms with Crippen LogP contribution in [-0.2, 0) is 6.54 Å². The number of hydrogen-bond acceptors (Lipinski definition) is 4. The van der Waals surface area contributed by atoms with Crippen LogP contribution in [0.25, 0.3) is 11.1 Å². The first kappa shape index (κ1) is 12.4. The third kappa shape index (κ3) is 2.40. The summed E-state index contributed by atoms with van der Waals surface area (Å²) < 4.78 is 31.3. The Bertz CT molecular complexity index is 770. The molecule has 0 unspecified atom stereocenters. The molecule has 2 aromatic carbocycles. The smallest absolute Gasteiger partial charge is 0.295 e. The van der Waals surface area contributed by atoms with Crippen molar-refractivity contribution in [1.29, 1.82) is 0 Å². The summed E-state index contributed by atoms with van der Waals surface area (Å²) in [5.41, 5.74) is 8.06. The highest BCUT2D eigenvalue weighted by molar-refractivity contribution is 5.78. The average Bonchev–Trinajstić information content (AvgIpc) is 2.82. The number of oxazole rings is 1. The minimum atomic E-state index is -0.880. The maximum atomic E-state index is 13.1. The van der Waals surface area contributed by atoms with Crippen molar-refractivity contribution in [1.82, 2.24) is 4.98 Å². The number of fused-ring (bicyclic) bond motifs is 1. The monoisotopic (exact) mass is 275 g/mol. The van der Waals surface area contributed by atoms with E-state index in [0.717, 1.165) is 12.1 Å². The molecule has 0 bridgehead atoms. The highest BCUT2D eigenvalue weighted by Gasteiger charge is 2.07. The fourth-order valence-corrected chi connectivity index (χ4v) is 1.84. The number of nitrogens with zero attached hydrogens (tertiary/aromatic N) is 1. The van der Waals surface area contributed by atoms with Crippen molar-refractivity contribution in [3.8, 4) is 0 Å². The molecular weight excluding hydrogens is 264 g/mol. The molecule has 0 saturated carbocycles. The van der Waals surface area contributed by atoms with Crippen molar-refractivity contribution >= 4 is 22.8 Å². The van der Waals surface area contributed by atoms with Gasteiger partial charge in [0.2, 0.25) is 0 Å². The van der Waals surface area contributed by atoms with Gasteiger partial charge < -0.3 is 15.5 Å². The maximum absolute atomic E-state index is 13.1. The van der Waals surface area contributed by atoms with Crippen molar-refractivity contribution in [3.05, 3.63) is 53.6 Å². The second kappa shape index (κ2) is 4.80. The van der Waals surface area contributed by atoms with E-state index >= 15 is 0 Å². The minimum absolute atomic E-state index is 0.277. The van der Waals surface area contributed by atoms with E-state index in [0.29, 0.717) is 28.4 Å². The molecule has 0 saturated heterocycles. The van der Waals surface area contributed by atoms with Gasteiger partial charge >= 0.3 is 0 Å². The Kier molecular flexibility index (Phi) is 2.98. The fraction of sp³-hybridized carbons (Fsp3) is 0.0714. The molecule has 0 aliphatic carbocycles. The molecular formula is C14H11F2N3O. The van der Waals surface area contributed by atoms with E-state index in [1.807, 2.05) is 0 Å². The van der Waals surface area contributed by atoms with Gasteiger partial charge in [0.25, 0.3) is 6.01 Å². The van der Waals surface area contributed by atoms with Crippen LogP contribution in [0.1, 0.15) is 5.56 Å². The number of nitrogen functional groups attached to an aromatic ring is 1. The number of nitrogens with two attached hydrogens (primary N) is 1. The number of anilines is 2. The minimum Gasteiger partial charge on any atom is -0.423 e. The van der Waals surface area contributed by atoms with Gasteiger partial charge in [-0.05, 0) is 29.8 Å². The lowest BCUT2D eigenvalue weighted by molar-refractivity contribution is 0.507. The Labute approximate surface area is 113 Å². The van der Waals surface area contributed by atoms with Gasteiger partial charge in [0.05, 0.1) is 0 Å². The molecule has 0 atom stereocenters. The van der Waals surface area contributed by atoms with Gasteiger partial charge in [-0.25, -0.2) is 8.78 Å². The standard InChI is InChI=1S/C14H11F2N3O/c15-10-3-1-8(5-11(10)16)7-18-14-19-12-4-2-9(17)6-13(12)20-14/h1-6H,7,17H2,(H,18,19). The van der Waals surface area contributed by atoms with Crippen LogP contribution in [-0.4, -0.2) is 4.98 Å². The molecule has 6 heteroatoms. The maximum Gasteiger partial charge on any atom is 0.295 e. The first-order valence-electron chi connectivity index (χ1n) is 5.96. The molecule has 1 heterocycles. The number of aromatic nitrogens is 1. The average molecular weight is 275 g/mol. The summed E-state index contributed by atoms with van der Waals surface area (Å²) in [7, 11) is 0. The second-order valence-electron chi connectivity index (χ2n) is 4.35. The molecule has 1 aromatic heterocycles.